The van der Waals surface area contributed by atoms with Gasteiger partial charge in [0.1, 0.15) is 0 Å². The van der Waals surface area contributed by atoms with Crippen LogP contribution in [-0.2, 0) is 0 Å². The molecular weight excluding hydrogens is 821 g/mol. The van der Waals surface area contributed by atoms with Crippen molar-refractivity contribution >= 4 is 64.1 Å². The van der Waals surface area contributed by atoms with E-state index in [2.05, 4.69) is 217 Å². The van der Waals surface area contributed by atoms with Crippen LogP contribution in [0.1, 0.15) is 0 Å². The molecular formula is C61H38N4S. The molecule has 0 aliphatic heterocycles. The number of aromatic nitrogens is 4. The van der Waals surface area contributed by atoms with Crippen molar-refractivity contribution in [3.8, 4) is 73.2 Å². The van der Waals surface area contributed by atoms with Crippen molar-refractivity contribution in [2.45, 2.75) is 0 Å². The van der Waals surface area contributed by atoms with Crippen molar-refractivity contribution in [2.75, 3.05) is 0 Å². The summed E-state index contributed by atoms with van der Waals surface area (Å²) in [5.41, 5.74) is 13.0. The van der Waals surface area contributed by atoms with E-state index >= 15 is 0 Å². The minimum Gasteiger partial charge on any atom is -0.309 e. The van der Waals surface area contributed by atoms with Gasteiger partial charge in [-0.15, -0.1) is 11.3 Å². The number of benzene rings is 10. The molecule has 13 aromatic rings. The number of hydrogen-bond acceptors (Lipinski definition) is 4. The fourth-order valence-corrected chi connectivity index (χ4v) is 10.8. The zero-order chi connectivity index (χ0) is 43.6. The van der Waals surface area contributed by atoms with Crippen molar-refractivity contribution in [3.05, 3.63) is 231 Å². The van der Waals surface area contributed by atoms with Gasteiger partial charge in [0.15, 0.2) is 17.5 Å². The topological polar surface area (TPSA) is 43.6 Å². The Morgan fingerprint density at radius 3 is 1.61 bits per heavy atom. The van der Waals surface area contributed by atoms with E-state index in [9.17, 15) is 0 Å². The predicted molar refractivity (Wildman–Crippen MR) is 277 cm³/mol. The molecule has 3 aromatic heterocycles. The maximum absolute atomic E-state index is 5.32. The van der Waals surface area contributed by atoms with Gasteiger partial charge < -0.3 is 4.57 Å². The molecule has 0 fully saturated rings. The molecule has 5 heteroatoms. The number of fused-ring (bicyclic) bond motifs is 7. The number of rotatable bonds is 7. The highest BCUT2D eigenvalue weighted by Crippen LogP contribution is 2.45. The van der Waals surface area contributed by atoms with E-state index in [0.29, 0.717) is 17.5 Å². The normalized spacial score (nSPS) is 11.6. The van der Waals surface area contributed by atoms with E-state index in [1.165, 1.54) is 52.8 Å². The van der Waals surface area contributed by atoms with Gasteiger partial charge in [-0.2, -0.15) is 0 Å². The molecule has 66 heavy (non-hydrogen) atoms. The van der Waals surface area contributed by atoms with Gasteiger partial charge in [-0.3, -0.25) is 0 Å². The number of hydrogen-bond donors (Lipinski definition) is 0. The summed E-state index contributed by atoms with van der Waals surface area (Å²) in [5, 5.41) is 7.37. The Kier molecular flexibility index (Phi) is 9.00. The van der Waals surface area contributed by atoms with Gasteiger partial charge in [0.25, 0.3) is 0 Å². The summed E-state index contributed by atoms with van der Waals surface area (Å²) in [6.07, 6.45) is 0. The van der Waals surface area contributed by atoms with E-state index in [0.717, 1.165) is 55.7 Å². The molecule has 3 heterocycles. The summed E-state index contributed by atoms with van der Waals surface area (Å²) >= 11 is 1.84. The minimum absolute atomic E-state index is 0.611. The molecule has 4 nitrogen and oxygen atoms in total. The summed E-state index contributed by atoms with van der Waals surface area (Å²) in [4.78, 5) is 15.7. The van der Waals surface area contributed by atoms with Gasteiger partial charge in [-0.05, 0) is 93.2 Å². The van der Waals surface area contributed by atoms with E-state index in [4.69, 9.17) is 15.0 Å². The van der Waals surface area contributed by atoms with Crippen LogP contribution in [0.3, 0.4) is 0 Å². The molecule has 0 atom stereocenters. The lowest BCUT2D eigenvalue weighted by atomic mass is 9.95. The van der Waals surface area contributed by atoms with Gasteiger partial charge in [0.2, 0.25) is 0 Å². The summed E-state index contributed by atoms with van der Waals surface area (Å²) in [7, 11) is 0. The van der Waals surface area contributed by atoms with Gasteiger partial charge in [0.05, 0.1) is 16.7 Å². The predicted octanol–water partition coefficient (Wildman–Crippen LogP) is 16.5. The fraction of sp³-hybridized carbons (Fsp3) is 0. The number of thiophene rings is 1. The molecule has 0 aliphatic rings. The van der Waals surface area contributed by atoms with E-state index in [1.54, 1.807) is 0 Å². The minimum atomic E-state index is 0.611. The molecule has 0 radical (unpaired) electrons. The SMILES string of the molecule is c1ccc(-c2ccc(-c3cccc(-c4nc(-c5ccccc5)nc(-c5ccc(-n6c7ccccc7c7cc8ccccc8cc76)c(-c6cccc7sc8ccccc8c67)c5)n4)c3)cc2)cc1. The molecule has 0 N–H and O–H groups in total. The molecule has 0 aliphatic carbocycles. The summed E-state index contributed by atoms with van der Waals surface area (Å²) < 4.78 is 4.97. The van der Waals surface area contributed by atoms with E-state index < -0.39 is 0 Å². The molecule has 0 saturated carbocycles. The second-order valence-corrected chi connectivity index (χ2v) is 17.9. The lowest BCUT2D eigenvalue weighted by Gasteiger charge is -2.17. The number of nitrogens with zero attached hydrogens (tertiary/aromatic N) is 4. The first-order valence-corrected chi connectivity index (χ1v) is 23.1. The standard InChI is InChI=1S/C61H38N4S/c1-3-15-39(16-4-1)40-29-31-41(32-30-40)43-21-13-22-46(35-43)60-62-59(42-17-5-2-6-18-42)63-61(64-60)47-33-34-54(52(37-47)49-25-14-28-57-58(49)50-24-10-12-27-56(50)66-57)65-53-26-11-9-23-48(53)51-36-44-19-7-8-20-45(44)38-55(51)65/h1-38H. The quantitative estimate of drug-likeness (QED) is 0.160. The smallest absolute Gasteiger partial charge is 0.164 e. The summed E-state index contributed by atoms with van der Waals surface area (Å²) in [5.74, 6) is 1.85. The van der Waals surface area contributed by atoms with Crippen LogP contribution < -0.4 is 0 Å². The molecule has 0 spiro atoms. The molecule has 0 amide bonds. The lowest BCUT2D eigenvalue weighted by molar-refractivity contribution is 1.07. The first-order chi connectivity index (χ1) is 32.7. The molecule has 13 rings (SSSR count). The average Bonchev–Trinajstić information content (AvgIpc) is 3.94. The first-order valence-electron chi connectivity index (χ1n) is 22.3. The van der Waals surface area contributed by atoms with E-state index in [1.807, 2.05) is 29.5 Å². The van der Waals surface area contributed by atoms with Gasteiger partial charge in [-0.1, -0.05) is 176 Å². The van der Waals surface area contributed by atoms with Crippen LogP contribution in [0.4, 0.5) is 0 Å². The zero-order valence-electron chi connectivity index (χ0n) is 35.6. The highest BCUT2D eigenvalue weighted by atomic mass is 32.1. The van der Waals surface area contributed by atoms with Gasteiger partial charge in [0, 0.05) is 53.2 Å². The summed E-state index contributed by atoms with van der Waals surface area (Å²) in [6, 6.07) is 82.4. The molecule has 0 bridgehead atoms. The van der Waals surface area contributed by atoms with Crippen molar-refractivity contribution in [3.63, 3.8) is 0 Å². The molecule has 308 valence electrons. The molecule has 10 aromatic carbocycles. The second-order valence-electron chi connectivity index (χ2n) is 16.8. The number of para-hydroxylation sites is 1. The van der Waals surface area contributed by atoms with Crippen LogP contribution >= 0.6 is 11.3 Å². The van der Waals surface area contributed by atoms with Gasteiger partial charge >= 0.3 is 0 Å². The Hall–Kier alpha value is -8.51. The van der Waals surface area contributed by atoms with Gasteiger partial charge in [-0.25, -0.2) is 15.0 Å². The Morgan fingerprint density at radius 2 is 0.833 bits per heavy atom. The van der Waals surface area contributed by atoms with Crippen LogP contribution in [0, 0.1) is 0 Å². The van der Waals surface area contributed by atoms with Crippen molar-refractivity contribution in [1.29, 1.82) is 0 Å². The Morgan fingerprint density at radius 1 is 0.303 bits per heavy atom. The highest BCUT2D eigenvalue weighted by molar-refractivity contribution is 7.25. The highest BCUT2D eigenvalue weighted by Gasteiger charge is 2.21. The maximum atomic E-state index is 5.32. The Balaban J connectivity index is 1.03. The van der Waals surface area contributed by atoms with Crippen LogP contribution in [-0.4, -0.2) is 19.5 Å². The largest absolute Gasteiger partial charge is 0.309 e. The molecule has 0 unspecified atom stereocenters. The molecule has 0 saturated heterocycles. The maximum Gasteiger partial charge on any atom is 0.164 e. The van der Waals surface area contributed by atoms with Crippen LogP contribution in [0.25, 0.3) is 126 Å². The van der Waals surface area contributed by atoms with Crippen molar-refractivity contribution < 1.29 is 0 Å². The third kappa shape index (κ3) is 6.48. The van der Waals surface area contributed by atoms with Crippen molar-refractivity contribution in [1.82, 2.24) is 19.5 Å². The Bertz CT molecular complexity index is 3980. The third-order valence-corrected chi connectivity index (χ3v) is 14.0. The zero-order valence-corrected chi connectivity index (χ0v) is 36.5. The lowest BCUT2D eigenvalue weighted by Crippen LogP contribution is -2.02. The Labute approximate surface area is 385 Å². The first kappa shape index (κ1) is 38.0. The monoisotopic (exact) mass is 858 g/mol. The average molecular weight is 859 g/mol. The third-order valence-electron chi connectivity index (χ3n) is 12.8. The fourth-order valence-electron chi connectivity index (χ4n) is 9.67. The summed E-state index contributed by atoms with van der Waals surface area (Å²) in [6.45, 7) is 0. The van der Waals surface area contributed by atoms with Crippen molar-refractivity contribution in [2.24, 2.45) is 0 Å². The second kappa shape index (κ2) is 15.6. The van der Waals surface area contributed by atoms with Crippen LogP contribution in [0.5, 0.6) is 0 Å². The van der Waals surface area contributed by atoms with Crippen LogP contribution in [0.15, 0.2) is 231 Å². The van der Waals surface area contributed by atoms with Crippen LogP contribution in [0.2, 0.25) is 0 Å². The van der Waals surface area contributed by atoms with E-state index in [-0.39, 0.29) is 0 Å².